The molecule has 2 aromatic carbocycles. The molecule has 3 nitrogen and oxygen atoms in total. The molecule has 3 rings (SSSR count). The highest BCUT2D eigenvalue weighted by atomic mass is 32.2. The van der Waals surface area contributed by atoms with Crippen molar-refractivity contribution in [3.05, 3.63) is 58.7 Å². The number of fused-ring (bicyclic) bond motifs is 2. The van der Waals surface area contributed by atoms with Crippen LogP contribution in [0.2, 0.25) is 0 Å². The van der Waals surface area contributed by atoms with Crippen LogP contribution < -0.4 is 0 Å². The minimum atomic E-state index is -1.19. The third kappa shape index (κ3) is 2.72. The maximum Gasteiger partial charge on any atom is 0.165 e. The molecule has 0 fully saturated rings. The van der Waals surface area contributed by atoms with Crippen molar-refractivity contribution in [1.29, 1.82) is 0 Å². The molecule has 0 saturated carbocycles. The van der Waals surface area contributed by atoms with Crippen molar-refractivity contribution in [3.63, 3.8) is 0 Å². The van der Waals surface area contributed by atoms with Gasteiger partial charge in [0.2, 0.25) is 0 Å². The molecule has 1 atom stereocenters. The summed E-state index contributed by atoms with van der Waals surface area (Å²) in [7, 11) is 0. The topological polar surface area (TPSA) is 63.5 Å². The lowest BCUT2D eigenvalue weighted by atomic mass is 9.96. The van der Waals surface area contributed by atoms with Crippen molar-refractivity contribution in [2.45, 2.75) is 29.1 Å². The van der Waals surface area contributed by atoms with E-state index in [-0.39, 0.29) is 13.2 Å². The molecule has 21 heavy (non-hydrogen) atoms. The van der Waals surface area contributed by atoms with Gasteiger partial charge in [-0.05, 0) is 18.1 Å². The summed E-state index contributed by atoms with van der Waals surface area (Å²) in [6.07, 6.45) is 1.84. The molecule has 0 bridgehead atoms. The summed E-state index contributed by atoms with van der Waals surface area (Å²) in [5, 5.41) is 18.4. The van der Waals surface area contributed by atoms with Gasteiger partial charge < -0.3 is 14.8 Å². The average Bonchev–Trinajstić information content (AvgIpc) is 2.48. The molecule has 0 amide bonds. The van der Waals surface area contributed by atoms with Gasteiger partial charge in [-0.25, -0.2) is 0 Å². The Labute approximate surface area is 127 Å². The first kappa shape index (κ1) is 14.6. The molecule has 110 valence electrons. The Morgan fingerprint density at radius 3 is 2.52 bits per heavy atom. The Morgan fingerprint density at radius 1 is 1.00 bits per heavy atom. The van der Waals surface area contributed by atoms with Gasteiger partial charge >= 0.3 is 0 Å². The summed E-state index contributed by atoms with van der Waals surface area (Å²) >= 11 is -1.19. The number of benzene rings is 2. The summed E-state index contributed by atoms with van der Waals surface area (Å²) in [5.74, 6) is 0. The maximum atomic E-state index is 12.9. The predicted octanol–water partition coefficient (Wildman–Crippen LogP) is 1.83. The Morgan fingerprint density at radius 2 is 1.76 bits per heavy atom. The second kappa shape index (κ2) is 6.20. The molecule has 0 radical (unpaired) electrons. The predicted molar refractivity (Wildman–Crippen MR) is 81.9 cm³/mol. The van der Waals surface area contributed by atoms with Crippen LogP contribution in [0.5, 0.6) is 0 Å². The maximum absolute atomic E-state index is 12.9. The second-order valence-corrected chi connectivity index (χ2v) is 6.63. The van der Waals surface area contributed by atoms with Crippen molar-refractivity contribution < 1.29 is 14.8 Å². The number of hydrogen-bond acceptors (Lipinski definition) is 3. The van der Waals surface area contributed by atoms with E-state index in [2.05, 4.69) is 0 Å². The van der Waals surface area contributed by atoms with E-state index in [1.807, 2.05) is 36.4 Å². The lowest BCUT2D eigenvalue weighted by Gasteiger charge is -2.24. The molecule has 4 heteroatoms. The lowest BCUT2D eigenvalue weighted by Crippen LogP contribution is -2.18. The minimum absolute atomic E-state index is 0.0356. The van der Waals surface area contributed by atoms with Gasteiger partial charge in [0.1, 0.15) is 0 Å². The van der Waals surface area contributed by atoms with Gasteiger partial charge in [-0.15, -0.1) is 0 Å². The molecule has 1 aliphatic rings. The summed E-state index contributed by atoms with van der Waals surface area (Å²) < 4.78 is 12.9. The molecule has 2 aromatic rings. The molecule has 0 saturated heterocycles. The van der Waals surface area contributed by atoms with Crippen LogP contribution in [0.15, 0.2) is 46.2 Å². The monoisotopic (exact) mass is 302 g/mol. The SMILES string of the molecule is [O-][S+]1c2ccccc2Cc2cc(CCO)cc(CCO)c21. The lowest BCUT2D eigenvalue weighted by molar-refractivity contribution is 0.297. The van der Waals surface area contributed by atoms with E-state index < -0.39 is 11.2 Å². The van der Waals surface area contributed by atoms with Crippen LogP contribution in [-0.4, -0.2) is 28.0 Å². The van der Waals surface area contributed by atoms with E-state index >= 15 is 0 Å². The molecular formula is C17H18O3S. The van der Waals surface area contributed by atoms with Crippen molar-refractivity contribution in [1.82, 2.24) is 0 Å². The fourth-order valence-corrected chi connectivity index (χ4v) is 4.49. The van der Waals surface area contributed by atoms with Gasteiger partial charge in [-0.1, -0.05) is 30.3 Å². The van der Waals surface area contributed by atoms with Gasteiger partial charge in [0.05, 0.1) is 0 Å². The summed E-state index contributed by atoms with van der Waals surface area (Å²) in [4.78, 5) is 1.73. The van der Waals surface area contributed by atoms with Gasteiger partial charge in [0.15, 0.2) is 9.79 Å². The van der Waals surface area contributed by atoms with E-state index in [0.717, 1.165) is 38.5 Å². The summed E-state index contributed by atoms with van der Waals surface area (Å²) in [6.45, 7) is 0.130. The third-order valence-corrected chi connectivity index (χ3v) is 5.52. The highest BCUT2D eigenvalue weighted by Crippen LogP contribution is 2.37. The van der Waals surface area contributed by atoms with Crippen LogP contribution in [0.25, 0.3) is 0 Å². The van der Waals surface area contributed by atoms with Crippen molar-refractivity contribution >= 4 is 11.2 Å². The first-order valence-corrected chi connectivity index (χ1v) is 8.25. The zero-order valence-electron chi connectivity index (χ0n) is 11.7. The Balaban J connectivity index is 2.12. The summed E-state index contributed by atoms with van der Waals surface area (Å²) in [5.41, 5.74) is 4.13. The van der Waals surface area contributed by atoms with Gasteiger partial charge in [-0.2, -0.15) is 0 Å². The van der Waals surface area contributed by atoms with E-state index in [0.29, 0.717) is 12.8 Å². The molecule has 0 aliphatic carbocycles. The zero-order chi connectivity index (χ0) is 14.8. The van der Waals surface area contributed by atoms with E-state index in [9.17, 15) is 9.66 Å². The van der Waals surface area contributed by atoms with Crippen LogP contribution in [-0.2, 0) is 30.4 Å². The third-order valence-electron chi connectivity index (χ3n) is 3.82. The Bertz CT molecular complexity index is 654. The first-order valence-electron chi connectivity index (χ1n) is 7.10. The van der Waals surface area contributed by atoms with Crippen LogP contribution in [0.1, 0.15) is 22.3 Å². The van der Waals surface area contributed by atoms with Crippen LogP contribution in [0.4, 0.5) is 0 Å². The van der Waals surface area contributed by atoms with E-state index in [4.69, 9.17) is 5.11 Å². The quantitative estimate of drug-likeness (QED) is 0.847. The van der Waals surface area contributed by atoms with Crippen LogP contribution in [0.3, 0.4) is 0 Å². The van der Waals surface area contributed by atoms with Gasteiger partial charge in [0, 0.05) is 53.9 Å². The van der Waals surface area contributed by atoms with Crippen molar-refractivity contribution in [3.8, 4) is 0 Å². The molecule has 1 unspecified atom stereocenters. The largest absolute Gasteiger partial charge is 0.606 e. The molecule has 2 N–H and O–H groups in total. The van der Waals surface area contributed by atoms with Crippen LogP contribution >= 0.6 is 0 Å². The Hall–Kier alpha value is -1.33. The minimum Gasteiger partial charge on any atom is -0.606 e. The fourth-order valence-electron chi connectivity index (χ4n) is 2.92. The molecule has 1 aliphatic heterocycles. The Kier molecular flexibility index (Phi) is 4.31. The number of hydrogen-bond donors (Lipinski definition) is 2. The average molecular weight is 302 g/mol. The van der Waals surface area contributed by atoms with Crippen LogP contribution in [0, 0.1) is 0 Å². The van der Waals surface area contributed by atoms with Gasteiger partial charge in [0.25, 0.3) is 0 Å². The standard InChI is InChI=1S/C17H18O3S/c18-7-5-12-9-14(6-8-19)17-15(10-12)11-13-3-1-2-4-16(13)21(17)20/h1-4,9-10,18-19H,5-8,11H2. The normalized spacial score (nSPS) is 16.4. The highest BCUT2D eigenvalue weighted by molar-refractivity contribution is 7.91. The van der Waals surface area contributed by atoms with Crippen molar-refractivity contribution in [2.24, 2.45) is 0 Å². The molecule has 0 aromatic heterocycles. The second-order valence-electron chi connectivity index (χ2n) is 5.24. The summed E-state index contributed by atoms with van der Waals surface area (Å²) in [6, 6.07) is 11.8. The van der Waals surface area contributed by atoms with Gasteiger partial charge in [-0.3, -0.25) is 0 Å². The van der Waals surface area contributed by atoms with E-state index in [1.54, 1.807) is 0 Å². The molecular weight excluding hydrogens is 284 g/mol. The zero-order valence-corrected chi connectivity index (χ0v) is 12.5. The van der Waals surface area contributed by atoms with Crippen molar-refractivity contribution in [2.75, 3.05) is 13.2 Å². The number of aliphatic hydroxyl groups excluding tert-OH is 2. The number of aliphatic hydroxyl groups is 2. The molecule has 1 heterocycles. The number of rotatable bonds is 4. The first-order chi connectivity index (χ1) is 10.2. The molecule has 0 spiro atoms. The fraction of sp³-hybridized carbons (Fsp3) is 0.294. The highest BCUT2D eigenvalue weighted by Gasteiger charge is 2.31. The smallest absolute Gasteiger partial charge is 0.165 e. The van der Waals surface area contributed by atoms with E-state index in [1.165, 1.54) is 0 Å².